The predicted octanol–water partition coefficient (Wildman–Crippen LogP) is 4.79. The minimum atomic E-state index is 0.353. The number of hydrogen-bond acceptors (Lipinski definition) is 1. The van der Waals surface area contributed by atoms with Crippen molar-refractivity contribution in [3.63, 3.8) is 0 Å². The summed E-state index contributed by atoms with van der Waals surface area (Å²) in [6.07, 6.45) is 22.5. The van der Waals surface area contributed by atoms with Crippen LogP contribution in [-0.4, -0.2) is 11.7 Å². The SMILES string of the molecule is CC=CC=CC=CCCCCCCCCCO. The maximum Gasteiger partial charge on any atom is 0.0431 e. The fourth-order valence-corrected chi connectivity index (χ4v) is 1.67. The molecule has 98 valence electrons. The van der Waals surface area contributed by atoms with Gasteiger partial charge in [-0.15, -0.1) is 0 Å². The summed E-state index contributed by atoms with van der Waals surface area (Å²) in [5.74, 6) is 0. The highest BCUT2D eigenvalue weighted by molar-refractivity contribution is 5.10. The Bertz CT molecular complexity index is 214. The van der Waals surface area contributed by atoms with Crippen molar-refractivity contribution in [2.75, 3.05) is 6.61 Å². The fraction of sp³-hybridized carbons (Fsp3) is 0.625. The minimum Gasteiger partial charge on any atom is -0.396 e. The molecule has 0 heterocycles. The van der Waals surface area contributed by atoms with Crippen LogP contribution >= 0.6 is 0 Å². The van der Waals surface area contributed by atoms with E-state index in [-0.39, 0.29) is 0 Å². The van der Waals surface area contributed by atoms with E-state index in [9.17, 15) is 0 Å². The Morgan fingerprint density at radius 1 is 0.706 bits per heavy atom. The van der Waals surface area contributed by atoms with Crippen LogP contribution < -0.4 is 0 Å². The van der Waals surface area contributed by atoms with Gasteiger partial charge in [0.2, 0.25) is 0 Å². The van der Waals surface area contributed by atoms with E-state index in [1.54, 1.807) is 0 Å². The first-order chi connectivity index (χ1) is 8.41. The summed E-state index contributed by atoms with van der Waals surface area (Å²) < 4.78 is 0. The average Bonchev–Trinajstić information content (AvgIpc) is 2.35. The van der Waals surface area contributed by atoms with E-state index in [1.165, 1.54) is 44.9 Å². The van der Waals surface area contributed by atoms with Crippen LogP contribution in [0.1, 0.15) is 58.3 Å². The summed E-state index contributed by atoms with van der Waals surface area (Å²) in [7, 11) is 0. The van der Waals surface area contributed by atoms with Crippen molar-refractivity contribution in [3.8, 4) is 0 Å². The van der Waals surface area contributed by atoms with Crippen molar-refractivity contribution in [1.82, 2.24) is 0 Å². The number of aliphatic hydroxyl groups excluding tert-OH is 1. The summed E-state index contributed by atoms with van der Waals surface area (Å²) in [6.45, 7) is 2.38. The number of hydrogen-bond donors (Lipinski definition) is 1. The Kier molecular flexibility index (Phi) is 14.4. The highest BCUT2D eigenvalue weighted by Crippen LogP contribution is 2.08. The van der Waals surface area contributed by atoms with Gasteiger partial charge in [-0.25, -0.2) is 0 Å². The summed E-state index contributed by atoms with van der Waals surface area (Å²) in [5.41, 5.74) is 0. The lowest BCUT2D eigenvalue weighted by Crippen LogP contribution is -1.83. The van der Waals surface area contributed by atoms with Crippen LogP contribution in [0.2, 0.25) is 0 Å². The molecule has 17 heavy (non-hydrogen) atoms. The molecule has 0 bridgehead atoms. The summed E-state index contributed by atoms with van der Waals surface area (Å²) >= 11 is 0. The summed E-state index contributed by atoms with van der Waals surface area (Å²) in [4.78, 5) is 0. The lowest BCUT2D eigenvalue weighted by molar-refractivity contribution is 0.282. The maximum atomic E-state index is 8.63. The molecule has 0 atom stereocenters. The molecule has 0 aromatic rings. The molecular formula is C16H28O. The minimum absolute atomic E-state index is 0.353. The van der Waals surface area contributed by atoms with Gasteiger partial charge in [-0.2, -0.15) is 0 Å². The van der Waals surface area contributed by atoms with E-state index in [1.807, 2.05) is 19.1 Å². The zero-order chi connectivity index (χ0) is 12.6. The molecule has 0 unspecified atom stereocenters. The number of allylic oxidation sites excluding steroid dienone is 6. The molecular weight excluding hydrogens is 208 g/mol. The van der Waals surface area contributed by atoms with Crippen molar-refractivity contribution >= 4 is 0 Å². The van der Waals surface area contributed by atoms with Gasteiger partial charge in [-0.05, 0) is 26.2 Å². The second kappa shape index (κ2) is 15.2. The van der Waals surface area contributed by atoms with Gasteiger partial charge in [-0.1, -0.05) is 68.6 Å². The van der Waals surface area contributed by atoms with E-state index in [2.05, 4.69) is 24.3 Å². The van der Waals surface area contributed by atoms with E-state index in [0.717, 1.165) is 6.42 Å². The lowest BCUT2D eigenvalue weighted by atomic mass is 10.1. The first-order valence-corrected chi connectivity index (χ1v) is 6.97. The van der Waals surface area contributed by atoms with Gasteiger partial charge in [0.15, 0.2) is 0 Å². The molecule has 0 aromatic heterocycles. The third-order valence-electron chi connectivity index (χ3n) is 2.69. The second-order valence-electron chi connectivity index (χ2n) is 4.33. The molecule has 0 aliphatic heterocycles. The zero-order valence-corrected chi connectivity index (χ0v) is 11.3. The third-order valence-corrected chi connectivity index (χ3v) is 2.69. The zero-order valence-electron chi connectivity index (χ0n) is 11.3. The summed E-state index contributed by atoms with van der Waals surface area (Å²) in [6, 6.07) is 0. The molecule has 0 radical (unpaired) electrons. The first kappa shape index (κ1) is 16.2. The van der Waals surface area contributed by atoms with Crippen molar-refractivity contribution in [2.45, 2.75) is 58.3 Å². The van der Waals surface area contributed by atoms with Crippen LogP contribution in [-0.2, 0) is 0 Å². The Morgan fingerprint density at radius 2 is 1.29 bits per heavy atom. The number of unbranched alkanes of at least 4 members (excludes halogenated alkanes) is 7. The van der Waals surface area contributed by atoms with Gasteiger partial charge in [0, 0.05) is 6.61 Å². The number of aliphatic hydroxyl groups is 1. The quantitative estimate of drug-likeness (QED) is 0.404. The number of rotatable bonds is 11. The fourth-order valence-electron chi connectivity index (χ4n) is 1.67. The van der Waals surface area contributed by atoms with E-state index in [0.29, 0.717) is 6.61 Å². The van der Waals surface area contributed by atoms with E-state index in [4.69, 9.17) is 5.11 Å². The molecule has 0 aromatic carbocycles. The highest BCUT2D eigenvalue weighted by atomic mass is 16.2. The van der Waals surface area contributed by atoms with Crippen molar-refractivity contribution in [2.24, 2.45) is 0 Å². The lowest BCUT2D eigenvalue weighted by Gasteiger charge is -1.99. The van der Waals surface area contributed by atoms with Crippen molar-refractivity contribution < 1.29 is 5.11 Å². The van der Waals surface area contributed by atoms with Gasteiger partial charge in [0.05, 0.1) is 0 Å². The monoisotopic (exact) mass is 236 g/mol. The highest BCUT2D eigenvalue weighted by Gasteiger charge is 1.90. The van der Waals surface area contributed by atoms with Crippen molar-refractivity contribution in [3.05, 3.63) is 36.5 Å². The van der Waals surface area contributed by atoms with Crippen LogP contribution in [0.15, 0.2) is 36.5 Å². The van der Waals surface area contributed by atoms with Crippen LogP contribution in [0.3, 0.4) is 0 Å². The molecule has 1 nitrogen and oxygen atoms in total. The van der Waals surface area contributed by atoms with Gasteiger partial charge < -0.3 is 5.11 Å². The maximum absolute atomic E-state index is 8.63. The second-order valence-corrected chi connectivity index (χ2v) is 4.33. The first-order valence-electron chi connectivity index (χ1n) is 6.97. The van der Waals surface area contributed by atoms with E-state index >= 15 is 0 Å². The normalized spacial score (nSPS) is 12.4. The Morgan fingerprint density at radius 3 is 1.94 bits per heavy atom. The largest absolute Gasteiger partial charge is 0.396 e. The molecule has 1 heteroatoms. The Labute approximate surface area is 107 Å². The predicted molar refractivity (Wildman–Crippen MR) is 77.1 cm³/mol. The van der Waals surface area contributed by atoms with Crippen LogP contribution in [0, 0.1) is 0 Å². The summed E-state index contributed by atoms with van der Waals surface area (Å²) in [5, 5.41) is 8.63. The topological polar surface area (TPSA) is 20.2 Å². The molecule has 0 amide bonds. The van der Waals surface area contributed by atoms with Crippen LogP contribution in [0.4, 0.5) is 0 Å². The van der Waals surface area contributed by atoms with Gasteiger partial charge in [0.25, 0.3) is 0 Å². The standard InChI is InChI=1S/C16H28O/c1-2-3-4-5-6-7-8-9-10-11-12-13-14-15-16-17/h2-7,17H,8-16H2,1H3. The van der Waals surface area contributed by atoms with Gasteiger partial charge in [-0.3, -0.25) is 0 Å². The molecule has 0 spiro atoms. The van der Waals surface area contributed by atoms with Gasteiger partial charge >= 0.3 is 0 Å². The van der Waals surface area contributed by atoms with E-state index < -0.39 is 0 Å². The molecule has 1 N–H and O–H groups in total. The van der Waals surface area contributed by atoms with Crippen LogP contribution in [0.5, 0.6) is 0 Å². The Balaban J connectivity index is 3.12. The third kappa shape index (κ3) is 15.2. The smallest absolute Gasteiger partial charge is 0.0431 e. The molecule has 0 rings (SSSR count). The Hall–Kier alpha value is -0.820. The molecule has 0 aliphatic carbocycles. The molecule has 0 fully saturated rings. The average molecular weight is 236 g/mol. The van der Waals surface area contributed by atoms with Crippen molar-refractivity contribution in [1.29, 1.82) is 0 Å². The molecule has 0 saturated carbocycles. The molecule has 0 aliphatic rings. The van der Waals surface area contributed by atoms with Crippen LogP contribution in [0.25, 0.3) is 0 Å². The molecule has 0 saturated heterocycles. The van der Waals surface area contributed by atoms with Gasteiger partial charge in [0.1, 0.15) is 0 Å².